The Morgan fingerprint density at radius 1 is 1.14 bits per heavy atom. The van der Waals surface area contributed by atoms with Gasteiger partial charge in [-0.05, 0) is 25.0 Å². The predicted octanol–water partition coefficient (Wildman–Crippen LogP) is 2.49. The van der Waals surface area contributed by atoms with Crippen LogP contribution in [0.1, 0.15) is 48.9 Å². The number of nitrogens with zero attached hydrogens (tertiary/aromatic N) is 2. The molecule has 0 bridgehead atoms. The van der Waals surface area contributed by atoms with Gasteiger partial charge in [-0.2, -0.15) is 0 Å². The first-order valence-electron chi connectivity index (χ1n) is 7.59. The molecule has 2 rings (SSSR count). The molecule has 0 spiro atoms. The monoisotopic (exact) mass is 303 g/mol. The van der Waals surface area contributed by atoms with Crippen molar-refractivity contribution in [3.63, 3.8) is 0 Å². The van der Waals surface area contributed by atoms with Gasteiger partial charge in [0.15, 0.2) is 0 Å². The number of unbranched alkanes of at least 4 members (excludes halogenated alkanes) is 4. The summed E-state index contributed by atoms with van der Waals surface area (Å²) in [6, 6.07) is 3.58. The van der Waals surface area contributed by atoms with Crippen molar-refractivity contribution in [3.8, 4) is 0 Å². The van der Waals surface area contributed by atoms with Crippen molar-refractivity contribution in [2.75, 3.05) is 6.54 Å². The van der Waals surface area contributed by atoms with Crippen LogP contribution in [0.5, 0.6) is 0 Å². The van der Waals surface area contributed by atoms with E-state index in [2.05, 4.69) is 10.3 Å². The van der Waals surface area contributed by atoms with Gasteiger partial charge >= 0.3 is 5.97 Å². The van der Waals surface area contributed by atoms with Crippen LogP contribution in [-0.2, 0) is 4.79 Å². The second-order valence-corrected chi connectivity index (χ2v) is 5.28. The number of aliphatic carboxylic acids is 1. The van der Waals surface area contributed by atoms with Gasteiger partial charge in [-0.25, -0.2) is 4.98 Å². The summed E-state index contributed by atoms with van der Waals surface area (Å²) >= 11 is 0. The number of carbonyl (C=O) groups is 2. The Hall–Kier alpha value is -2.37. The Kier molecular flexibility index (Phi) is 5.94. The summed E-state index contributed by atoms with van der Waals surface area (Å²) in [7, 11) is 0. The molecule has 1 amide bonds. The Morgan fingerprint density at radius 3 is 2.73 bits per heavy atom. The van der Waals surface area contributed by atoms with Crippen LogP contribution in [0, 0.1) is 0 Å². The van der Waals surface area contributed by atoms with E-state index in [0.717, 1.165) is 37.8 Å². The average molecular weight is 303 g/mol. The van der Waals surface area contributed by atoms with Crippen LogP contribution >= 0.6 is 0 Å². The van der Waals surface area contributed by atoms with Crippen molar-refractivity contribution in [2.45, 2.75) is 38.5 Å². The zero-order chi connectivity index (χ0) is 15.8. The molecule has 0 aliphatic rings. The predicted molar refractivity (Wildman–Crippen MR) is 82.9 cm³/mol. The number of pyridine rings is 1. The van der Waals surface area contributed by atoms with E-state index in [9.17, 15) is 9.59 Å². The molecule has 22 heavy (non-hydrogen) atoms. The first-order chi connectivity index (χ1) is 10.7. The van der Waals surface area contributed by atoms with Crippen molar-refractivity contribution in [1.82, 2.24) is 14.7 Å². The lowest BCUT2D eigenvalue weighted by Gasteiger charge is -2.06. The standard InChI is InChI=1S/C16H21N3O3/c20-15(21)6-4-2-1-3-5-9-18-16(22)13-7-8-14-17-10-11-19(14)12-13/h7-8,10-12H,1-6,9H2,(H,18,22)(H,20,21). The van der Waals surface area contributed by atoms with Gasteiger partial charge in [0, 0.05) is 31.6 Å². The lowest BCUT2D eigenvalue weighted by molar-refractivity contribution is -0.137. The highest BCUT2D eigenvalue weighted by Crippen LogP contribution is 2.06. The van der Waals surface area contributed by atoms with E-state index in [1.54, 1.807) is 18.5 Å². The summed E-state index contributed by atoms with van der Waals surface area (Å²) < 4.78 is 1.82. The molecule has 0 aromatic carbocycles. The maximum absolute atomic E-state index is 12.0. The summed E-state index contributed by atoms with van der Waals surface area (Å²) in [6.45, 7) is 0.639. The first-order valence-corrected chi connectivity index (χ1v) is 7.59. The number of hydrogen-bond donors (Lipinski definition) is 2. The number of hydrogen-bond acceptors (Lipinski definition) is 3. The van der Waals surface area contributed by atoms with Crippen LogP contribution in [0.3, 0.4) is 0 Å². The maximum Gasteiger partial charge on any atom is 0.303 e. The fourth-order valence-corrected chi connectivity index (χ4v) is 2.29. The molecule has 2 aromatic heterocycles. The molecule has 6 nitrogen and oxygen atoms in total. The molecule has 0 saturated heterocycles. The Balaban J connectivity index is 1.62. The molecule has 0 aliphatic carbocycles. The lowest BCUT2D eigenvalue weighted by atomic mass is 10.1. The number of carboxylic acid groups (broad SMARTS) is 1. The fourth-order valence-electron chi connectivity index (χ4n) is 2.29. The number of nitrogens with one attached hydrogen (secondary N) is 1. The fraction of sp³-hybridized carbons (Fsp3) is 0.438. The molecule has 118 valence electrons. The highest BCUT2D eigenvalue weighted by molar-refractivity contribution is 5.94. The quantitative estimate of drug-likeness (QED) is 0.697. The lowest BCUT2D eigenvalue weighted by Crippen LogP contribution is -2.24. The SMILES string of the molecule is O=C(O)CCCCCCCNC(=O)c1ccc2nccn2c1. The third-order valence-corrected chi connectivity index (χ3v) is 3.50. The molecule has 2 heterocycles. The summed E-state index contributed by atoms with van der Waals surface area (Å²) in [5.41, 5.74) is 1.44. The summed E-state index contributed by atoms with van der Waals surface area (Å²) in [4.78, 5) is 26.5. The van der Waals surface area contributed by atoms with E-state index in [4.69, 9.17) is 5.11 Å². The average Bonchev–Trinajstić information content (AvgIpc) is 2.96. The van der Waals surface area contributed by atoms with Crippen molar-refractivity contribution in [3.05, 3.63) is 36.3 Å². The number of amides is 1. The van der Waals surface area contributed by atoms with E-state index in [1.807, 2.05) is 16.7 Å². The number of fused-ring (bicyclic) bond motifs is 1. The number of carboxylic acids is 1. The third kappa shape index (κ3) is 4.87. The summed E-state index contributed by atoms with van der Waals surface area (Å²) in [5.74, 6) is -0.816. The molecular weight excluding hydrogens is 282 g/mol. The molecule has 2 aromatic rings. The van der Waals surface area contributed by atoms with E-state index >= 15 is 0 Å². The van der Waals surface area contributed by atoms with E-state index < -0.39 is 5.97 Å². The second-order valence-electron chi connectivity index (χ2n) is 5.28. The normalized spacial score (nSPS) is 10.7. The van der Waals surface area contributed by atoms with Gasteiger partial charge in [-0.3, -0.25) is 9.59 Å². The van der Waals surface area contributed by atoms with Crippen molar-refractivity contribution in [1.29, 1.82) is 0 Å². The maximum atomic E-state index is 12.0. The minimum Gasteiger partial charge on any atom is -0.481 e. The topological polar surface area (TPSA) is 83.7 Å². The molecule has 0 radical (unpaired) electrons. The highest BCUT2D eigenvalue weighted by atomic mass is 16.4. The Labute approximate surface area is 129 Å². The van der Waals surface area contributed by atoms with Gasteiger partial charge in [-0.1, -0.05) is 19.3 Å². The molecule has 6 heteroatoms. The van der Waals surface area contributed by atoms with Crippen LogP contribution in [0.25, 0.3) is 5.65 Å². The third-order valence-electron chi connectivity index (χ3n) is 3.50. The van der Waals surface area contributed by atoms with E-state index in [1.165, 1.54) is 0 Å². The van der Waals surface area contributed by atoms with Crippen LogP contribution in [0.15, 0.2) is 30.7 Å². The number of carbonyl (C=O) groups excluding carboxylic acids is 1. The van der Waals surface area contributed by atoms with Crippen LogP contribution < -0.4 is 5.32 Å². The van der Waals surface area contributed by atoms with Gasteiger partial charge in [0.05, 0.1) is 5.56 Å². The zero-order valence-electron chi connectivity index (χ0n) is 12.5. The molecule has 0 saturated carbocycles. The smallest absolute Gasteiger partial charge is 0.303 e. The van der Waals surface area contributed by atoms with Crippen LogP contribution in [0.2, 0.25) is 0 Å². The molecule has 2 N–H and O–H groups in total. The van der Waals surface area contributed by atoms with Gasteiger partial charge < -0.3 is 14.8 Å². The summed E-state index contributed by atoms with van der Waals surface area (Å²) in [5, 5.41) is 11.4. The van der Waals surface area contributed by atoms with Crippen LogP contribution in [-0.4, -0.2) is 32.9 Å². The number of aromatic nitrogens is 2. The second kappa shape index (κ2) is 8.17. The van der Waals surface area contributed by atoms with Crippen LogP contribution in [0.4, 0.5) is 0 Å². The first kappa shape index (κ1) is 16.0. The van der Waals surface area contributed by atoms with Gasteiger partial charge in [0.25, 0.3) is 5.91 Å². The molecule has 0 fully saturated rings. The largest absolute Gasteiger partial charge is 0.481 e. The van der Waals surface area contributed by atoms with Gasteiger partial charge in [-0.15, -0.1) is 0 Å². The minimum atomic E-state index is -0.734. The molecule has 0 atom stereocenters. The molecule has 0 aliphatic heterocycles. The van der Waals surface area contributed by atoms with Gasteiger partial charge in [0.1, 0.15) is 5.65 Å². The van der Waals surface area contributed by atoms with Crippen molar-refractivity contribution >= 4 is 17.5 Å². The number of rotatable bonds is 9. The Morgan fingerprint density at radius 2 is 1.91 bits per heavy atom. The van der Waals surface area contributed by atoms with E-state index in [-0.39, 0.29) is 12.3 Å². The highest BCUT2D eigenvalue weighted by Gasteiger charge is 2.06. The molecule has 0 unspecified atom stereocenters. The molecular formula is C16H21N3O3. The van der Waals surface area contributed by atoms with Crippen molar-refractivity contribution in [2.24, 2.45) is 0 Å². The minimum absolute atomic E-state index is 0.0820. The Bertz CT molecular complexity index is 636. The van der Waals surface area contributed by atoms with Crippen molar-refractivity contribution < 1.29 is 14.7 Å². The summed E-state index contributed by atoms with van der Waals surface area (Å²) in [6.07, 6.45) is 10.1. The zero-order valence-corrected chi connectivity index (χ0v) is 12.5. The van der Waals surface area contributed by atoms with Gasteiger partial charge in [0.2, 0.25) is 0 Å². The van der Waals surface area contributed by atoms with E-state index in [0.29, 0.717) is 12.1 Å². The number of imidazole rings is 1.